The molecule has 9 heteroatoms. The van der Waals surface area contributed by atoms with Crippen molar-refractivity contribution in [2.75, 3.05) is 6.61 Å². The summed E-state index contributed by atoms with van der Waals surface area (Å²) in [4.78, 5) is 48.1. The van der Waals surface area contributed by atoms with Crippen molar-refractivity contribution in [1.82, 2.24) is 19.1 Å². The molecule has 34 heavy (non-hydrogen) atoms. The van der Waals surface area contributed by atoms with E-state index in [1.165, 1.54) is 17.7 Å². The highest BCUT2D eigenvalue weighted by Crippen LogP contribution is 2.26. The number of oxazole rings is 1. The maximum Gasteiger partial charge on any atom is 0.339 e. The molecule has 0 saturated carbocycles. The predicted octanol–water partition coefficient (Wildman–Crippen LogP) is 3.21. The fourth-order valence-corrected chi connectivity index (χ4v) is 3.92. The maximum atomic E-state index is 13.5. The summed E-state index contributed by atoms with van der Waals surface area (Å²) >= 11 is 0. The van der Waals surface area contributed by atoms with Crippen molar-refractivity contribution in [2.45, 2.75) is 41.2 Å². The van der Waals surface area contributed by atoms with E-state index in [1.807, 2.05) is 32.0 Å². The summed E-state index contributed by atoms with van der Waals surface area (Å²) in [6, 6.07) is 7.46. The first-order valence-corrected chi connectivity index (χ1v) is 10.9. The van der Waals surface area contributed by atoms with Crippen molar-refractivity contribution < 1.29 is 13.9 Å². The first-order valence-electron chi connectivity index (χ1n) is 10.9. The van der Waals surface area contributed by atoms with Gasteiger partial charge in [-0.25, -0.2) is 19.6 Å². The lowest BCUT2D eigenvalue weighted by molar-refractivity contribution is 0.0528. The van der Waals surface area contributed by atoms with Crippen LogP contribution < -0.4 is 11.2 Å². The Morgan fingerprint density at radius 1 is 1.09 bits per heavy atom. The summed E-state index contributed by atoms with van der Waals surface area (Å²) in [5, 5.41) is 0.0297. The second-order valence-corrected chi connectivity index (χ2v) is 8.30. The summed E-state index contributed by atoms with van der Waals surface area (Å²) in [7, 11) is 1.51. The van der Waals surface area contributed by atoms with Gasteiger partial charge in [-0.3, -0.25) is 13.9 Å². The Morgan fingerprint density at radius 3 is 2.53 bits per heavy atom. The van der Waals surface area contributed by atoms with Crippen LogP contribution in [0.25, 0.3) is 22.5 Å². The quantitative estimate of drug-likeness (QED) is 0.419. The minimum atomic E-state index is -0.643. The molecule has 176 valence electrons. The molecule has 0 aliphatic heterocycles. The van der Waals surface area contributed by atoms with Crippen LogP contribution in [0.3, 0.4) is 0 Å². The van der Waals surface area contributed by atoms with Crippen molar-refractivity contribution in [3.8, 4) is 11.5 Å². The lowest BCUT2D eigenvalue weighted by atomic mass is 10.1. The number of pyridine rings is 1. The average Bonchev–Trinajstić information content (AvgIpc) is 3.16. The van der Waals surface area contributed by atoms with Crippen molar-refractivity contribution in [3.05, 3.63) is 78.9 Å². The number of benzene rings is 1. The number of aryl methyl sites for hydroxylation is 5. The van der Waals surface area contributed by atoms with E-state index in [-0.39, 0.29) is 29.7 Å². The molecular formula is C25H26N4O5. The third kappa shape index (κ3) is 3.93. The van der Waals surface area contributed by atoms with Gasteiger partial charge in [-0.2, -0.15) is 0 Å². The van der Waals surface area contributed by atoms with Gasteiger partial charge >= 0.3 is 11.7 Å². The van der Waals surface area contributed by atoms with Gasteiger partial charge in [0.1, 0.15) is 17.1 Å². The Hall–Kier alpha value is -4.01. The molecule has 4 rings (SSSR count). The minimum absolute atomic E-state index is 0.0297. The van der Waals surface area contributed by atoms with Crippen LogP contribution in [0.15, 0.2) is 38.3 Å². The van der Waals surface area contributed by atoms with Crippen molar-refractivity contribution in [2.24, 2.45) is 7.05 Å². The normalized spacial score (nSPS) is 11.2. The standard InChI is InChI=1S/C25H26N4O5/c1-7-33-24(31)18-11-15(4)26-21-20(18)23(30)29(25(32)28(21)6)12-19-16(5)34-22(27-19)17-10-13(2)8-9-14(17)3/h8-11H,7,12H2,1-6H3. The zero-order chi connectivity index (χ0) is 24.7. The number of nitrogens with zero attached hydrogens (tertiary/aromatic N) is 4. The molecule has 4 aromatic rings. The van der Waals surface area contributed by atoms with Gasteiger partial charge < -0.3 is 9.15 Å². The van der Waals surface area contributed by atoms with Crippen molar-refractivity contribution >= 4 is 17.0 Å². The zero-order valence-electron chi connectivity index (χ0n) is 20.1. The van der Waals surface area contributed by atoms with Gasteiger partial charge in [-0.05, 0) is 52.3 Å². The molecule has 0 unspecified atom stereocenters. The topological polar surface area (TPSA) is 109 Å². The smallest absolute Gasteiger partial charge is 0.339 e. The number of hydrogen-bond acceptors (Lipinski definition) is 7. The molecule has 3 heterocycles. The molecule has 0 aliphatic rings. The fraction of sp³-hybridized carbons (Fsp3) is 0.320. The molecule has 1 aromatic carbocycles. The molecule has 0 fully saturated rings. The molecule has 0 atom stereocenters. The van der Waals surface area contributed by atoms with Crippen molar-refractivity contribution in [1.29, 1.82) is 0 Å². The molecule has 9 nitrogen and oxygen atoms in total. The van der Waals surface area contributed by atoms with E-state index < -0.39 is 17.2 Å². The predicted molar refractivity (Wildman–Crippen MR) is 127 cm³/mol. The number of esters is 1. The first-order chi connectivity index (χ1) is 16.1. The van der Waals surface area contributed by atoms with Crippen LogP contribution >= 0.6 is 0 Å². The van der Waals surface area contributed by atoms with Gasteiger partial charge in [-0.15, -0.1) is 0 Å². The summed E-state index contributed by atoms with van der Waals surface area (Å²) in [5.41, 5.74) is 2.85. The van der Waals surface area contributed by atoms with Crippen LogP contribution in [0.1, 0.15) is 45.6 Å². The number of fused-ring (bicyclic) bond motifs is 1. The monoisotopic (exact) mass is 462 g/mol. The number of aromatic nitrogens is 4. The van der Waals surface area contributed by atoms with E-state index >= 15 is 0 Å². The zero-order valence-corrected chi connectivity index (χ0v) is 20.1. The Balaban J connectivity index is 1.89. The van der Waals surface area contributed by atoms with E-state index in [0.29, 0.717) is 23.0 Å². The Bertz CT molecular complexity index is 1560. The summed E-state index contributed by atoms with van der Waals surface area (Å²) < 4.78 is 13.3. The maximum absolute atomic E-state index is 13.5. The van der Waals surface area contributed by atoms with Gasteiger partial charge in [-0.1, -0.05) is 17.7 Å². The van der Waals surface area contributed by atoms with Crippen LogP contribution in [0.4, 0.5) is 0 Å². The van der Waals surface area contributed by atoms with Gasteiger partial charge in [0.2, 0.25) is 5.89 Å². The van der Waals surface area contributed by atoms with E-state index in [4.69, 9.17) is 9.15 Å². The van der Waals surface area contributed by atoms with Gasteiger partial charge in [0.05, 0.1) is 24.1 Å². The molecule has 0 spiro atoms. The molecule has 0 amide bonds. The van der Waals surface area contributed by atoms with Gasteiger partial charge in [0.15, 0.2) is 0 Å². The van der Waals surface area contributed by atoms with Crippen LogP contribution in [0.2, 0.25) is 0 Å². The highest BCUT2D eigenvalue weighted by Gasteiger charge is 2.23. The summed E-state index contributed by atoms with van der Waals surface area (Å²) in [6.07, 6.45) is 0. The Kier molecular flexibility index (Phi) is 5.95. The number of ether oxygens (including phenoxy) is 1. The van der Waals surface area contributed by atoms with E-state index in [1.54, 1.807) is 20.8 Å². The summed E-state index contributed by atoms with van der Waals surface area (Å²) in [6.45, 7) is 9.09. The molecule has 0 radical (unpaired) electrons. The van der Waals surface area contributed by atoms with Crippen LogP contribution in [-0.4, -0.2) is 31.7 Å². The van der Waals surface area contributed by atoms with E-state index in [0.717, 1.165) is 21.3 Å². The highest BCUT2D eigenvalue weighted by molar-refractivity contribution is 6.02. The Morgan fingerprint density at radius 2 is 1.82 bits per heavy atom. The minimum Gasteiger partial charge on any atom is -0.462 e. The molecule has 3 aromatic heterocycles. The van der Waals surface area contributed by atoms with E-state index in [2.05, 4.69) is 9.97 Å². The third-order valence-corrected chi connectivity index (χ3v) is 5.74. The van der Waals surface area contributed by atoms with E-state index in [9.17, 15) is 14.4 Å². The number of carbonyl (C=O) groups excluding carboxylic acids is 1. The molecular weight excluding hydrogens is 436 g/mol. The van der Waals surface area contributed by atoms with Crippen LogP contribution in [0, 0.1) is 27.7 Å². The first kappa shape index (κ1) is 23.2. The number of carbonyl (C=O) groups is 1. The lowest BCUT2D eigenvalue weighted by Crippen LogP contribution is -2.40. The Labute approximate surface area is 195 Å². The van der Waals surface area contributed by atoms with Crippen molar-refractivity contribution in [3.63, 3.8) is 0 Å². The summed E-state index contributed by atoms with van der Waals surface area (Å²) in [5.74, 6) is 0.275. The van der Waals surface area contributed by atoms with Gasteiger partial charge in [0.25, 0.3) is 5.56 Å². The fourth-order valence-electron chi connectivity index (χ4n) is 3.92. The molecule has 0 bridgehead atoms. The largest absolute Gasteiger partial charge is 0.462 e. The lowest BCUT2D eigenvalue weighted by Gasteiger charge is -2.12. The average molecular weight is 463 g/mol. The SMILES string of the molecule is CCOC(=O)c1cc(C)nc2c1c(=O)n(Cc1nc(-c3cc(C)ccc3C)oc1C)c(=O)n2C. The number of rotatable bonds is 5. The number of hydrogen-bond donors (Lipinski definition) is 0. The molecule has 0 saturated heterocycles. The second-order valence-electron chi connectivity index (χ2n) is 8.30. The third-order valence-electron chi connectivity index (χ3n) is 5.74. The van der Waals surface area contributed by atoms with Crippen LogP contribution in [0.5, 0.6) is 0 Å². The second kappa shape index (κ2) is 8.74. The molecule has 0 N–H and O–H groups in total. The van der Waals surface area contributed by atoms with Gasteiger partial charge in [0, 0.05) is 18.3 Å². The molecule has 0 aliphatic carbocycles. The van der Waals surface area contributed by atoms with Crippen LogP contribution in [-0.2, 0) is 18.3 Å². The highest BCUT2D eigenvalue weighted by atomic mass is 16.5.